The van der Waals surface area contributed by atoms with E-state index in [0.29, 0.717) is 0 Å². The lowest BCUT2D eigenvalue weighted by Crippen LogP contribution is -2.58. The van der Waals surface area contributed by atoms with Gasteiger partial charge in [-0.05, 0) is 68.7 Å². The highest BCUT2D eigenvalue weighted by molar-refractivity contribution is 5.89. The van der Waals surface area contributed by atoms with Gasteiger partial charge in [0.25, 0.3) is 0 Å². The van der Waals surface area contributed by atoms with Crippen molar-refractivity contribution in [1.29, 1.82) is 0 Å². The van der Waals surface area contributed by atoms with Gasteiger partial charge in [-0.3, -0.25) is 4.79 Å². The van der Waals surface area contributed by atoms with E-state index in [4.69, 9.17) is 15.7 Å². The molecule has 0 radical (unpaired) electrons. The van der Waals surface area contributed by atoms with Gasteiger partial charge in [-0.2, -0.15) is 0 Å². The van der Waals surface area contributed by atoms with Crippen molar-refractivity contribution in [3.8, 4) is 11.5 Å². The van der Waals surface area contributed by atoms with Gasteiger partial charge in [-0.15, -0.1) is 0 Å². The number of hydrogen-bond donors (Lipinski definition) is 1. The summed E-state index contributed by atoms with van der Waals surface area (Å²) in [5.74, 6) is 1.06. The fourth-order valence-electron chi connectivity index (χ4n) is 6.54. The number of para-hydroxylation sites is 2. The zero-order valence-corrected chi connectivity index (χ0v) is 19.1. The molecule has 0 aliphatic heterocycles. The molecule has 2 N–H and O–H groups in total. The SMILES string of the molecule is Cc1cccc(-c2nc3ccccc3n2C(C(N)=O)(C2CCCCC2)C2CCCCC2)n1. The molecule has 0 saturated heterocycles. The number of fused-ring (bicyclic) bond motifs is 1. The maximum Gasteiger partial charge on any atom is 0.244 e. The zero-order chi connectivity index (χ0) is 22.1. The molecule has 5 nitrogen and oxygen atoms in total. The summed E-state index contributed by atoms with van der Waals surface area (Å²) in [5, 5.41) is 0. The van der Waals surface area contributed by atoms with Crippen LogP contribution in [0.1, 0.15) is 69.9 Å². The third-order valence-corrected chi connectivity index (χ3v) is 7.90. The molecule has 32 heavy (non-hydrogen) atoms. The molecule has 3 aromatic rings. The third-order valence-electron chi connectivity index (χ3n) is 7.90. The summed E-state index contributed by atoms with van der Waals surface area (Å²) < 4.78 is 2.25. The van der Waals surface area contributed by atoms with Crippen LogP contribution in [0.5, 0.6) is 0 Å². The van der Waals surface area contributed by atoms with Crippen molar-refractivity contribution in [3.63, 3.8) is 0 Å². The fraction of sp³-hybridized carbons (Fsp3) is 0.519. The molecule has 5 heteroatoms. The number of carbonyl (C=O) groups excluding carboxylic acids is 1. The second kappa shape index (κ2) is 8.68. The molecule has 1 aromatic carbocycles. The average molecular weight is 431 g/mol. The van der Waals surface area contributed by atoms with Crippen LogP contribution in [-0.4, -0.2) is 20.4 Å². The summed E-state index contributed by atoms with van der Waals surface area (Å²) in [6, 6.07) is 14.2. The van der Waals surface area contributed by atoms with E-state index in [-0.39, 0.29) is 17.7 Å². The number of nitrogens with two attached hydrogens (primary N) is 1. The van der Waals surface area contributed by atoms with E-state index >= 15 is 0 Å². The summed E-state index contributed by atoms with van der Waals surface area (Å²) >= 11 is 0. The van der Waals surface area contributed by atoms with Crippen molar-refractivity contribution < 1.29 is 4.79 Å². The Hall–Kier alpha value is -2.69. The normalized spacial score (nSPS) is 18.8. The molecule has 168 valence electrons. The highest BCUT2D eigenvalue weighted by Gasteiger charge is 2.53. The standard InChI is InChI=1S/C27H34N4O/c1-19-11-10-17-23(29-19)25-30-22-16-8-9-18-24(22)31(25)27(26(28)32,20-12-4-2-5-13-20)21-14-6-3-7-15-21/h8-11,16-18,20-21H,2-7,12-15H2,1H3,(H2,28,32). The molecule has 0 bridgehead atoms. The van der Waals surface area contributed by atoms with E-state index < -0.39 is 5.54 Å². The molecular weight excluding hydrogens is 396 g/mol. The van der Waals surface area contributed by atoms with Crippen LogP contribution in [0.25, 0.3) is 22.6 Å². The van der Waals surface area contributed by atoms with Crippen LogP contribution < -0.4 is 5.73 Å². The van der Waals surface area contributed by atoms with Gasteiger partial charge in [0.15, 0.2) is 5.82 Å². The summed E-state index contributed by atoms with van der Waals surface area (Å²) in [6.45, 7) is 2.00. The number of primary amides is 1. The number of hydrogen-bond acceptors (Lipinski definition) is 3. The van der Waals surface area contributed by atoms with Crippen molar-refractivity contribution in [3.05, 3.63) is 48.2 Å². The first kappa shape index (κ1) is 21.2. The summed E-state index contributed by atoms with van der Waals surface area (Å²) in [7, 11) is 0. The van der Waals surface area contributed by atoms with Crippen molar-refractivity contribution in [2.75, 3.05) is 0 Å². The Kier molecular flexibility index (Phi) is 5.75. The highest BCUT2D eigenvalue weighted by atomic mass is 16.1. The van der Waals surface area contributed by atoms with E-state index in [1.807, 2.05) is 43.3 Å². The van der Waals surface area contributed by atoms with Gasteiger partial charge < -0.3 is 10.3 Å². The summed E-state index contributed by atoms with van der Waals surface area (Å²) in [4.78, 5) is 23.6. The second-order valence-corrected chi connectivity index (χ2v) is 9.78. The number of pyridine rings is 1. The fourth-order valence-corrected chi connectivity index (χ4v) is 6.54. The van der Waals surface area contributed by atoms with Gasteiger partial charge in [0.2, 0.25) is 5.91 Å². The van der Waals surface area contributed by atoms with Gasteiger partial charge >= 0.3 is 0 Å². The Morgan fingerprint density at radius 2 is 1.50 bits per heavy atom. The molecule has 0 atom stereocenters. The molecule has 5 rings (SSSR count). The lowest BCUT2D eigenvalue weighted by atomic mass is 9.63. The van der Waals surface area contributed by atoms with Gasteiger partial charge in [0.1, 0.15) is 11.2 Å². The highest BCUT2D eigenvalue weighted by Crippen LogP contribution is 2.50. The molecule has 2 heterocycles. The average Bonchev–Trinajstić information content (AvgIpc) is 3.21. The first-order chi connectivity index (χ1) is 15.6. The van der Waals surface area contributed by atoms with Gasteiger partial charge in [0, 0.05) is 5.69 Å². The number of nitrogens with zero attached hydrogens (tertiary/aromatic N) is 3. The smallest absolute Gasteiger partial charge is 0.244 e. The number of benzene rings is 1. The number of carbonyl (C=O) groups is 1. The number of imidazole rings is 1. The van der Waals surface area contributed by atoms with Crippen LogP contribution in [0.4, 0.5) is 0 Å². The van der Waals surface area contributed by atoms with E-state index in [2.05, 4.69) is 10.6 Å². The Balaban J connectivity index is 1.83. The second-order valence-electron chi connectivity index (χ2n) is 9.78. The molecule has 0 spiro atoms. The number of rotatable bonds is 5. The van der Waals surface area contributed by atoms with Crippen molar-refractivity contribution in [2.24, 2.45) is 17.6 Å². The number of aromatic nitrogens is 3. The lowest BCUT2D eigenvalue weighted by molar-refractivity contribution is -0.135. The van der Waals surface area contributed by atoms with Crippen LogP contribution in [-0.2, 0) is 10.3 Å². The largest absolute Gasteiger partial charge is 0.368 e. The van der Waals surface area contributed by atoms with Crippen LogP contribution >= 0.6 is 0 Å². The minimum atomic E-state index is -0.766. The van der Waals surface area contributed by atoms with E-state index in [1.165, 1.54) is 12.8 Å². The molecular formula is C27H34N4O. The Morgan fingerprint density at radius 3 is 2.09 bits per heavy atom. The summed E-state index contributed by atoms with van der Waals surface area (Å²) in [5.41, 5.74) is 9.39. The van der Waals surface area contributed by atoms with Gasteiger partial charge in [-0.1, -0.05) is 56.7 Å². The van der Waals surface area contributed by atoms with E-state index in [0.717, 1.165) is 79.6 Å². The van der Waals surface area contributed by atoms with Crippen LogP contribution in [0, 0.1) is 18.8 Å². The lowest BCUT2D eigenvalue weighted by Gasteiger charge is -2.48. The van der Waals surface area contributed by atoms with E-state index in [9.17, 15) is 4.79 Å². The number of amides is 1. The quantitative estimate of drug-likeness (QED) is 0.560. The maximum atomic E-state index is 13.8. The number of aryl methyl sites for hydroxylation is 1. The van der Waals surface area contributed by atoms with Crippen molar-refractivity contribution >= 4 is 16.9 Å². The Morgan fingerprint density at radius 1 is 0.875 bits per heavy atom. The van der Waals surface area contributed by atoms with Crippen molar-refractivity contribution in [1.82, 2.24) is 14.5 Å². The Bertz CT molecular complexity index is 1090. The molecule has 1 amide bonds. The van der Waals surface area contributed by atoms with Crippen molar-refractivity contribution in [2.45, 2.75) is 76.7 Å². The molecule has 0 unspecified atom stereocenters. The zero-order valence-electron chi connectivity index (χ0n) is 19.1. The third kappa shape index (κ3) is 3.42. The predicted molar refractivity (Wildman–Crippen MR) is 128 cm³/mol. The maximum absolute atomic E-state index is 13.8. The molecule has 2 aliphatic rings. The monoisotopic (exact) mass is 430 g/mol. The minimum absolute atomic E-state index is 0.187. The first-order valence-electron chi connectivity index (χ1n) is 12.3. The minimum Gasteiger partial charge on any atom is -0.368 e. The topological polar surface area (TPSA) is 73.8 Å². The van der Waals surface area contributed by atoms with Crippen LogP contribution in [0.15, 0.2) is 42.5 Å². The van der Waals surface area contributed by atoms with Crippen LogP contribution in [0.2, 0.25) is 0 Å². The van der Waals surface area contributed by atoms with E-state index in [1.54, 1.807) is 0 Å². The van der Waals surface area contributed by atoms with Gasteiger partial charge in [0.05, 0.1) is 11.0 Å². The molecule has 2 aliphatic carbocycles. The Labute approximate surface area is 190 Å². The molecule has 2 saturated carbocycles. The van der Waals surface area contributed by atoms with Gasteiger partial charge in [-0.25, -0.2) is 9.97 Å². The molecule has 2 fully saturated rings. The predicted octanol–water partition coefficient (Wildman–Crippen LogP) is 5.75. The van der Waals surface area contributed by atoms with Crippen LogP contribution in [0.3, 0.4) is 0 Å². The molecule has 2 aromatic heterocycles. The first-order valence-corrected chi connectivity index (χ1v) is 12.3. The summed E-state index contributed by atoms with van der Waals surface area (Å²) in [6.07, 6.45) is 11.3.